The fourth-order valence-corrected chi connectivity index (χ4v) is 2.02. The van der Waals surface area contributed by atoms with Crippen molar-refractivity contribution in [2.75, 3.05) is 31.7 Å². The molecule has 0 bridgehead atoms. The van der Waals surface area contributed by atoms with Crippen LogP contribution in [0.2, 0.25) is 5.28 Å². The Morgan fingerprint density at radius 3 is 3.05 bits per heavy atom. The number of nitrogens with zero attached hydrogens (tertiary/aromatic N) is 3. The third-order valence-electron chi connectivity index (χ3n) is 2.88. The smallest absolute Gasteiger partial charge is 0.322 e. The molecule has 2 rings (SSSR count). The second-order valence-corrected chi connectivity index (χ2v) is 4.84. The van der Waals surface area contributed by atoms with E-state index in [9.17, 15) is 0 Å². The summed E-state index contributed by atoms with van der Waals surface area (Å²) in [7, 11) is 0. The molecule has 0 aliphatic carbocycles. The first-order chi connectivity index (χ1) is 9.28. The van der Waals surface area contributed by atoms with Gasteiger partial charge in [-0.25, -0.2) is 0 Å². The SMILES string of the molecule is CCCOc1nc(Cl)nc(NCCC2CCOC2)n1. The molecule has 1 aliphatic heterocycles. The second kappa shape index (κ2) is 7.45. The summed E-state index contributed by atoms with van der Waals surface area (Å²) in [5.74, 6) is 1.09. The number of nitrogens with one attached hydrogen (secondary N) is 1. The summed E-state index contributed by atoms with van der Waals surface area (Å²) >= 11 is 5.83. The molecule has 1 N–H and O–H groups in total. The van der Waals surface area contributed by atoms with E-state index in [1.54, 1.807) is 0 Å². The van der Waals surface area contributed by atoms with E-state index in [2.05, 4.69) is 20.3 Å². The Bertz CT molecular complexity index is 399. The van der Waals surface area contributed by atoms with Crippen LogP contribution >= 0.6 is 11.6 Å². The van der Waals surface area contributed by atoms with Crippen molar-refractivity contribution in [3.05, 3.63) is 5.28 Å². The summed E-state index contributed by atoms with van der Waals surface area (Å²) in [4.78, 5) is 12.1. The van der Waals surface area contributed by atoms with Gasteiger partial charge >= 0.3 is 6.01 Å². The normalized spacial score (nSPS) is 18.5. The molecule has 19 heavy (non-hydrogen) atoms. The lowest BCUT2D eigenvalue weighted by Gasteiger charge is -2.09. The zero-order chi connectivity index (χ0) is 13.5. The van der Waals surface area contributed by atoms with Gasteiger partial charge in [0, 0.05) is 19.8 Å². The molecule has 1 aromatic heterocycles. The van der Waals surface area contributed by atoms with Crippen LogP contribution in [0.5, 0.6) is 6.01 Å². The molecule has 1 saturated heterocycles. The highest BCUT2D eigenvalue weighted by Crippen LogP contribution is 2.17. The van der Waals surface area contributed by atoms with Crippen LogP contribution < -0.4 is 10.1 Å². The van der Waals surface area contributed by atoms with Crippen molar-refractivity contribution in [2.24, 2.45) is 5.92 Å². The molecule has 0 aromatic carbocycles. The van der Waals surface area contributed by atoms with Crippen LogP contribution in [0, 0.1) is 5.92 Å². The molecule has 0 radical (unpaired) electrons. The lowest BCUT2D eigenvalue weighted by molar-refractivity contribution is 0.185. The van der Waals surface area contributed by atoms with E-state index in [0.29, 0.717) is 18.5 Å². The molecule has 0 saturated carbocycles. The van der Waals surface area contributed by atoms with Crippen molar-refractivity contribution in [1.82, 2.24) is 15.0 Å². The first kappa shape index (κ1) is 14.3. The first-order valence-electron chi connectivity index (χ1n) is 6.64. The van der Waals surface area contributed by atoms with Crippen molar-refractivity contribution in [2.45, 2.75) is 26.2 Å². The second-order valence-electron chi connectivity index (χ2n) is 4.50. The molecule has 1 aromatic rings. The minimum atomic E-state index is 0.146. The molecule has 2 heterocycles. The largest absolute Gasteiger partial charge is 0.463 e. The van der Waals surface area contributed by atoms with Crippen molar-refractivity contribution in [1.29, 1.82) is 0 Å². The standard InChI is InChI=1S/C12H19ClN4O2/c1-2-6-19-12-16-10(13)15-11(17-12)14-5-3-9-4-7-18-8-9/h9H,2-8H2,1H3,(H,14,15,16,17). The van der Waals surface area contributed by atoms with Gasteiger partial charge in [-0.2, -0.15) is 15.0 Å². The molecular weight excluding hydrogens is 268 g/mol. The van der Waals surface area contributed by atoms with Crippen LogP contribution in [0.15, 0.2) is 0 Å². The van der Waals surface area contributed by atoms with Crippen LogP contribution in [0.4, 0.5) is 5.95 Å². The van der Waals surface area contributed by atoms with E-state index in [4.69, 9.17) is 21.1 Å². The van der Waals surface area contributed by atoms with E-state index in [0.717, 1.165) is 39.0 Å². The third kappa shape index (κ3) is 4.80. The number of aromatic nitrogens is 3. The van der Waals surface area contributed by atoms with Gasteiger partial charge in [0.2, 0.25) is 11.2 Å². The number of hydrogen-bond acceptors (Lipinski definition) is 6. The average molecular weight is 287 g/mol. The van der Waals surface area contributed by atoms with Gasteiger partial charge in [0.05, 0.1) is 6.61 Å². The van der Waals surface area contributed by atoms with E-state index in [1.165, 1.54) is 0 Å². The maximum atomic E-state index is 5.83. The quantitative estimate of drug-likeness (QED) is 0.828. The summed E-state index contributed by atoms with van der Waals surface area (Å²) in [6.45, 7) is 5.11. The fourth-order valence-electron chi connectivity index (χ4n) is 1.87. The molecule has 106 valence electrons. The highest BCUT2D eigenvalue weighted by molar-refractivity contribution is 6.28. The van der Waals surface area contributed by atoms with E-state index in [-0.39, 0.29) is 11.3 Å². The molecule has 6 nitrogen and oxygen atoms in total. The van der Waals surface area contributed by atoms with Crippen LogP contribution in [0.25, 0.3) is 0 Å². The van der Waals surface area contributed by atoms with Crippen LogP contribution in [-0.4, -0.2) is 41.3 Å². The average Bonchev–Trinajstić information content (AvgIpc) is 2.89. The first-order valence-corrected chi connectivity index (χ1v) is 7.01. The highest BCUT2D eigenvalue weighted by Gasteiger charge is 2.15. The van der Waals surface area contributed by atoms with Crippen molar-refractivity contribution in [3.63, 3.8) is 0 Å². The number of hydrogen-bond donors (Lipinski definition) is 1. The minimum Gasteiger partial charge on any atom is -0.463 e. The van der Waals surface area contributed by atoms with Gasteiger partial charge in [0.1, 0.15) is 0 Å². The van der Waals surface area contributed by atoms with Gasteiger partial charge < -0.3 is 14.8 Å². The Hall–Kier alpha value is -1.14. The van der Waals surface area contributed by atoms with Crippen LogP contribution in [-0.2, 0) is 4.74 Å². The summed E-state index contributed by atoms with van der Waals surface area (Å²) in [5.41, 5.74) is 0. The van der Waals surface area contributed by atoms with Crippen LogP contribution in [0.1, 0.15) is 26.2 Å². The number of halogens is 1. The Labute approximate surface area is 117 Å². The van der Waals surface area contributed by atoms with Gasteiger partial charge in [-0.1, -0.05) is 6.92 Å². The molecular formula is C12H19ClN4O2. The highest BCUT2D eigenvalue weighted by atomic mass is 35.5. The Balaban J connectivity index is 1.82. The maximum absolute atomic E-state index is 5.83. The van der Waals surface area contributed by atoms with Crippen molar-refractivity contribution >= 4 is 17.5 Å². The van der Waals surface area contributed by atoms with E-state index in [1.807, 2.05) is 6.92 Å². The summed E-state index contributed by atoms with van der Waals surface area (Å²) < 4.78 is 10.7. The molecule has 1 aliphatic rings. The maximum Gasteiger partial charge on any atom is 0.322 e. The summed E-state index contributed by atoms with van der Waals surface area (Å²) in [5, 5.41) is 3.29. The third-order valence-corrected chi connectivity index (χ3v) is 3.05. The predicted molar refractivity (Wildman–Crippen MR) is 72.7 cm³/mol. The van der Waals surface area contributed by atoms with E-state index < -0.39 is 0 Å². The van der Waals surface area contributed by atoms with Crippen LogP contribution in [0.3, 0.4) is 0 Å². The molecule has 0 amide bonds. The fraction of sp³-hybridized carbons (Fsp3) is 0.750. The Kier molecular flexibility index (Phi) is 5.60. The lowest BCUT2D eigenvalue weighted by atomic mass is 10.1. The molecule has 1 atom stereocenters. The summed E-state index contributed by atoms with van der Waals surface area (Å²) in [6, 6.07) is 0.272. The van der Waals surface area contributed by atoms with Gasteiger partial charge in [0.25, 0.3) is 0 Å². The number of ether oxygens (including phenoxy) is 2. The topological polar surface area (TPSA) is 69.2 Å². The monoisotopic (exact) mass is 286 g/mol. The number of anilines is 1. The molecule has 1 unspecified atom stereocenters. The zero-order valence-corrected chi connectivity index (χ0v) is 11.8. The predicted octanol–water partition coefficient (Wildman–Crippen LogP) is 2.15. The Morgan fingerprint density at radius 1 is 1.42 bits per heavy atom. The lowest BCUT2D eigenvalue weighted by Crippen LogP contribution is -2.12. The molecule has 1 fully saturated rings. The van der Waals surface area contributed by atoms with Gasteiger partial charge in [-0.05, 0) is 36.8 Å². The van der Waals surface area contributed by atoms with Crippen molar-refractivity contribution in [3.8, 4) is 6.01 Å². The number of rotatable bonds is 7. The molecule has 0 spiro atoms. The molecule has 7 heteroatoms. The zero-order valence-electron chi connectivity index (χ0n) is 11.1. The van der Waals surface area contributed by atoms with E-state index >= 15 is 0 Å². The Morgan fingerprint density at radius 2 is 2.32 bits per heavy atom. The van der Waals surface area contributed by atoms with Gasteiger partial charge in [-0.15, -0.1) is 0 Å². The summed E-state index contributed by atoms with van der Waals surface area (Å²) in [6.07, 6.45) is 3.06. The van der Waals surface area contributed by atoms with Crippen molar-refractivity contribution < 1.29 is 9.47 Å². The van der Waals surface area contributed by atoms with Gasteiger partial charge in [-0.3, -0.25) is 0 Å². The van der Waals surface area contributed by atoms with Gasteiger partial charge in [0.15, 0.2) is 0 Å². The minimum absolute atomic E-state index is 0.146.